The molecule has 0 saturated heterocycles. The Morgan fingerprint density at radius 2 is 2.23 bits per heavy atom. The van der Waals surface area contributed by atoms with Gasteiger partial charge in [-0.3, -0.25) is 0 Å². The SMILES string of the molecule is CCC(C)Sc1cccc(OC)c1. The van der Waals surface area contributed by atoms with Gasteiger partial charge in [0.1, 0.15) is 5.75 Å². The van der Waals surface area contributed by atoms with Crippen LogP contribution in [0, 0.1) is 0 Å². The molecule has 1 nitrogen and oxygen atoms in total. The van der Waals surface area contributed by atoms with Crippen LogP contribution in [0.25, 0.3) is 0 Å². The van der Waals surface area contributed by atoms with Crippen LogP contribution in [0.3, 0.4) is 0 Å². The van der Waals surface area contributed by atoms with Gasteiger partial charge in [0.05, 0.1) is 7.11 Å². The third-order valence-electron chi connectivity index (χ3n) is 1.95. The number of hydrogen-bond acceptors (Lipinski definition) is 2. The maximum atomic E-state index is 5.16. The molecule has 72 valence electrons. The van der Waals surface area contributed by atoms with E-state index in [1.165, 1.54) is 11.3 Å². The second kappa shape index (κ2) is 5.18. The molecule has 0 spiro atoms. The van der Waals surface area contributed by atoms with Crippen LogP contribution >= 0.6 is 11.8 Å². The second-order valence-corrected chi connectivity index (χ2v) is 4.53. The quantitative estimate of drug-likeness (QED) is 0.681. The summed E-state index contributed by atoms with van der Waals surface area (Å²) >= 11 is 1.89. The van der Waals surface area contributed by atoms with Crippen molar-refractivity contribution in [2.75, 3.05) is 7.11 Å². The zero-order valence-electron chi connectivity index (χ0n) is 8.41. The van der Waals surface area contributed by atoms with Gasteiger partial charge in [-0.25, -0.2) is 0 Å². The minimum atomic E-state index is 0.673. The standard InChI is InChI=1S/C11H16OS/c1-4-9(2)13-11-7-5-6-10(8-11)12-3/h5-9H,4H2,1-3H3. The van der Waals surface area contributed by atoms with Gasteiger partial charge in [0, 0.05) is 10.1 Å². The second-order valence-electron chi connectivity index (χ2n) is 3.02. The Hall–Kier alpha value is -0.630. The first kappa shape index (κ1) is 10.5. The molecule has 0 aromatic heterocycles. The largest absolute Gasteiger partial charge is 0.497 e. The molecule has 0 bridgehead atoms. The van der Waals surface area contributed by atoms with Crippen LogP contribution in [0.5, 0.6) is 5.75 Å². The van der Waals surface area contributed by atoms with Crippen molar-refractivity contribution in [3.8, 4) is 5.75 Å². The predicted molar refractivity (Wildman–Crippen MR) is 58.6 cm³/mol. The van der Waals surface area contributed by atoms with E-state index in [9.17, 15) is 0 Å². The van der Waals surface area contributed by atoms with E-state index in [0.29, 0.717) is 5.25 Å². The fourth-order valence-electron chi connectivity index (χ4n) is 0.990. The van der Waals surface area contributed by atoms with Crippen molar-refractivity contribution in [2.45, 2.75) is 30.4 Å². The van der Waals surface area contributed by atoms with Crippen LogP contribution in [-0.4, -0.2) is 12.4 Å². The molecule has 0 N–H and O–H groups in total. The molecule has 1 aromatic rings. The third-order valence-corrected chi connectivity index (χ3v) is 3.22. The monoisotopic (exact) mass is 196 g/mol. The smallest absolute Gasteiger partial charge is 0.119 e. The minimum absolute atomic E-state index is 0.673. The molecular formula is C11H16OS. The highest BCUT2D eigenvalue weighted by molar-refractivity contribution is 7.99. The average molecular weight is 196 g/mol. The summed E-state index contributed by atoms with van der Waals surface area (Å²) in [4.78, 5) is 1.29. The number of ether oxygens (including phenoxy) is 1. The zero-order valence-corrected chi connectivity index (χ0v) is 9.23. The molecule has 0 amide bonds. The predicted octanol–water partition coefficient (Wildman–Crippen LogP) is 3.59. The van der Waals surface area contributed by atoms with Crippen LogP contribution in [0.4, 0.5) is 0 Å². The van der Waals surface area contributed by atoms with E-state index >= 15 is 0 Å². The Labute approximate surface area is 84.5 Å². The molecule has 0 saturated carbocycles. The molecule has 0 aliphatic heterocycles. The van der Waals surface area contributed by atoms with Crippen LogP contribution in [0.2, 0.25) is 0 Å². The minimum Gasteiger partial charge on any atom is -0.497 e. The summed E-state index contributed by atoms with van der Waals surface area (Å²) in [5.41, 5.74) is 0. The Balaban J connectivity index is 2.66. The fraction of sp³-hybridized carbons (Fsp3) is 0.455. The Morgan fingerprint density at radius 3 is 2.85 bits per heavy atom. The van der Waals surface area contributed by atoms with Crippen molar-refractivity contribution in [1.82, 2.24) is 0 Å². The zero-order chi connectivity index (χ0) is 9.68. The van der Waals surface area contributed by atoms with E-state index in [2.05, 4.69) is 26.0 Å². The topological polar surface area (TPSA) is 9.23 Å². The third kappa shape index (κ3) is 3.31. The molecule has 2 heteroatoms. The number of methoxy groups -OCH3 is 1. The summed E-state index contributed by atoms with van der Waals surface area (Å²) in [5.74, 6) is 0.938. The molecule has 1 atom stereocenters. The molecule has 13 heavy (non-hydrogen) atoms. The van der Waals surface area contributed by atoms with E-state index in [-0.39, 0.29) is 0 Å². The van der Waals surface area contributed by atoms with Gasteiger partial charge in [-0.15, -0.1) is 11.8 Å². The molecule has 1 unspecified atom stereocenters. The van der Waals surface area contributed by atoms with Gasteiger partial charge >= 0.3 is 0 Å². The summed E-state index contributed by atoms with van der Waals surface area (Å²) in [6, 6.07) is 8.21. The van der Waals surface area contributed by atoms with Crippen LogP contribution in [0.1, 0.15) is 20.3 Å². The van der Waals surface area contributed by atoms with Crippen molar-refractivity contribution in [3.05, 3.63) is 24.3 Å². The van der Waals surface area contributed by atoms with Crippen LogP contribution in [-0.2, 0) is 0 Å². The Bertz CT molecular complexity index is 260. The van der Waals surface area contributed by atoms with E-state index in [4.69, 9.17) is 4.74 Å². The highest BCUT2D eigenvalue weighted by Gasteiger charge is 2.01. The van der Waals surface area contributed by atoms with E-state index in [1.54, 1.807) is 7.11 Å². The van der Waals surface area contributed by atoms with Gasteiger partial charge < -0.3 is 4.74 Å². The van der Waals surface area contributed by atoms with Crippen molar-refractivity contribution in [3.63, 3.8) is 0 Å². The number of hydrogen-bond donors (Lipinski definition) is 0. The molecular weight excluding hydrogens is 180 g/mol. The lowest BCUT2D eigenvalue weighted by Crippen LogP contribution is -1.91. The Kier molecular flexibility index (Phi) is 4.16. The Morgan fingerprint density at radius 1 is 1.46 bits per heavy atom. The highest BCUT2D eigenvalue weighted by Crippen LogP contribution is 2.27. The lowest BCUT2D eigenvalue weighted by atomic mass is 10.3. The van der Waals surface area contributed by atoms with Gasteiger partial charge in [-0.05, 0) is 24.6 Å². The summed E-state index contributed by atoms with van der Waals surface area (Å²) < 4.78 is 5.16. The van der Waals surface area contributed by atoms with Crippen molar-refractivity contribution in [2.24, 2.45) is 0 Å². The molecule has 1 aromatic carbocycles. The average Bonchev–Trinajstić information content (AvgIpc) is 2.18. The highest BCUT2D eigenvalue weighted by atomic mass is 32.2. The van der Waals surface area contributed by atoms with Gasteiger partial charge in [-0.1, -0.05) is 19.9 Å². The van der Waals surface area contributed by atoms with Crippen molar-refractivity contribution in [1.29, 1.82) is 0 Å². The number of thioether (sulfide) groups is 1. The van der Waals surface area contributed by atoms with E-state index < -0.39 is 0 Å². The van der Waals surface area contributed by atoms with Crippen LogP contribution < -0.4 is 4.74 Å². The molecule has 0 aliphatic carbocycles. The molecule has 1 rings (SSSR count). The molecule has 0 radical (unpaired) electrons. The molecule has 0 aliphatic rings. The van der Waals surface area contributed by atoms with Crippen LogP contribution in [0.15, 0.2) is 29.2 Å². The summed E-state index contributed by atoms with van der Waals surface area (Å²) in [6.45, 7) is 4.45. The van der Waals surface area contributed by atoms with Gasteiger partial charge in [0.2, 0.25) is 0 Å². The number of rotatable bonds is 4. The van der Waals surface area contributed by atoms with Gasteiger partial charge in [-0.2, -0.15) is 0 Å². The first-order chi connectivity index (χ1) is 6.26. The summed E-state index contributed by atoms with van der Waals surface area (Å²) in [5, 5.41) is 0.673. The van der Waals surface area contributed by atoms with Crippen molar-refractivity contribution >= 4 is 11.8 Å². The first-order valence-corrected chi connectivity index (χ1v) is 5.45. The van der Waals surface area contributed by atoms with E-state index in [0.717, 1.165) is 5.75 Å². The lowest BCUT2D eigenvalue weighted by molar-refractivity contribution is 0.413. The number of benzene rings is 1. The van der Waals surface area contributed by atoms with E-state index in [1.807, 2.05) is 23.9 Å². The normalized spacial score (nSPS) is 12.5. The van der Waals surface area contributed by atoms with Gasteiger partial charge in [0.15, 0.2) is 0 Å². The summed E-state index contributed by atoms with van der Waals surface area (Å²) in [6.07, 6.45) is 1.20. The molecule has 0 fully saturated rings. The summed E-state index contributed by atoms with van der Waals surface area (Å²) in [7, 11) is 1.70. The lowest BCUT2D eigenvalue weighted by Gasteiger charge is -2.08. The maximum absolute atomic E-state index is 5.16. The van der Waals surface area contributed by atoms with Crippen molar-refractivity contribution < 1.29 is 4.74 Å². The molecule has 0 heterocycles. The maximum Gasteiger partial charge on any atom is 0.119 e. The fourth-order valence-corrected chi connectivity index (χ4v) is 1.96. The van der Waals surface area contributed by atoms with Gasteiger partial charge in [0.25, 0.3) is 0 Å². The first-order valence-electron chi connectivity index (χ1n) is 4.57.